The number of thioether (sulfide) groups is 1. The Balaban J connectivity index is 1.72. The number of amides is 1. The van der Waals surface area contributed by atoms with Crippen LogP contribution >= 0.6 is 23.4 Å². The average molecular weight is 395 g/mol. The quantitative estimate of drug-likeness (QED) is 0.605. The second-order valence-electron chi connectivity index (χ2n) is 5.86. The second-order valence-corrected chi connectivity index (χ2v) is 7.33. The van der Waals surface area contributed by atoms with E-state index in [2.05, 4.69) is 10.3 Å². The van der Waals surface area contributed by atoms with Crippen molar-refractivity contribution in [1.82, 2.24) is 5.32 Å². The summed E-state index contributed by atoms with van der Waals surface area (Å²) in [6.07, 6.45) is 1.85. The average Bonchev–Trinajstić information content (AvgIpc) is 3.03. The molecule has 1 heterocycles. The maximum atomic E-state index is 12.4. The van der Waals surface area contributed by atoms with E-state index in [0.29, 0.717) is 15.1 Å². The normalized spacial score (nSPS) is 16.9. The monoisotopic (exact) mass is 394 g/mol. The molecule has 0 unspecified atom stereocenters. The van der Waals surface area contributed by atoms with Crippen molar-refractivity contribution >= 4 is 57.0 Å². The standard InChI is InChI=1S/C21H15ClN2O2S/c1-26-18-11-6-13-4-2-3-5-16(13)17(18)12-19-20(25)24-21(27-19)23-15-9-7-14(22)8-10-15/h2-12H,1H3,(H,23,24,25)/b19-12-. The number of amidine groups is 1. The molecule has 1 amide bonds. The molecule has 0 radical (unpaired) electrons. The van der Waals surface area contributed by atoms with Gasteiger partial charge in [0.15, 0.2) is 5.17 Å². The number of ether oxygens (including phenoxy) is 1. The van der Waals surface area contributed by atoms with Gasteiger partial charge in [-0.3, -0.25) is 4.79 Å². The van der Waals surface area contributed by atoms with E-state index < -0.39 is 0 Å². The lowest BCUT2D eigenvalue weighted by molar-refractivity contribution is -0.115. The molecule has 1 saturated heterocycles. The van der Waals surface area contributed by atoms with Crippen molar-refractivity contribution in [2.24, 2.45) is 4.99 Å². The number of halogens is 1. The van der Waals surface area contributed by atoms with E-state index in [1.807, 2.05) is 42.5 Å². The molecule has 0 bridgehead atoms. The number of carbonyl (C=O) groups is 1. The Bertz CT molecular complexity index is 1090. The number of hydrogen-bond acceptors (Lipinski definition) is 4. The van der Waals surface area contributed by atoms with Crippen LogP contribution in [0.1, 0.15) is 5.56 Å². The number of aliphatic imine (C=N–C) groups is 1. The predicted molar refractivity (Wildman–Crippen MR) is 113 cm³/mol. The van der Waals surface area contributed by atoms with E-state index in [-0.39, 0.29) is 5.91 Å². The summed E-state index contributed by atoms with van der Waals surface area (Å²) in [7, 11) is 1.63. The lowest BCUT2D eigenvalue weighted by Crippen LogP contribution is -2.19. The van der Waals surface area contributed by atoms with Crippen molar-refractivity contribution < 1.29 is 9.53 Å². The van der Waals surface area contributed by atoms with E-state index in [1.54, 1.807) is 31.4 Å². The molecule has 6 heteroatoms. The molecule has 1 N–H and O–H groups in total. The SMILES string of the molecule is COc1ccc2ccccc2c1/C=C1\SC(=Nc2ccc(Cl)cc2)NC1=O. The molecule has 3 aromatic carbocycles. The molecular weight excluding hydrogens is 380 g/mol. The van der Waals surface area contributed by atoms with Gasteiger partial charge < -0.3 is 10.1 Å². The number of methoxy groups -OCH3 is 1. The van der Waals surface area contributed by atoms with Crippen molar-refractivity contribution in [2.75, 3.05) is 7.11 Å². The summed E-state index contributed by atoms with van der Waals surface area (Å²) in [5.41, 5.74) is 1.60. The van der Waals surface area contributed by atoms with E-state index in [1.165, 1.54) is 11.8 Å². The Kier molecular flexibility index (Phi) is 4.88. The van der Waals surface area contributed by atoms with Crippen LogP contribution in [-0.4, -0.2) is 18.2 Å². The van der Waals surface area contributed by atoms with Crippen LogP contribution in [0.3, 0.4) is 0 Å². The molecule has 0 aromatic heterocycles. The highest BCUT2D eigenvalue weighted by Crippen LogP contribution is 2.34. The van der Waals surface area contributed by atoms with Crippen molar-refractivity contribution in [1.29, 1.82) is 0 Å². The number of fused-ring (bicyclic) bond motifs is 1. The first kappa shape index (κ1) is 17.6. The van der Waals surface area contributed by atoms with E-state index in [0.717, 1.165) is 27.8 Å². The second kappa shape index (κ2) is 7.47. The zero-order valence-electron chi connectivity index (χ0n) is 14.4. The minimum absolute atomic E-state index is 0.178. The van der Waals surface area contributed by atoms with Gasteiger partial charge in [-0.05, 0) is 58.9 Å². The van der Waals surface area contributed by atoms with Crippen LogP contribution in [0.5, 0.6) is 5.75 Å². The first-order chi connectivity index (χ1) is 13.1. The van der Waals surface area contributed by atoms with Crippen LogP contribution in [0.2, 0.25) is 5.02 Å². The third-order valence-corrected chi connectivity index (χ3v) is 5.30. The minimum atomic E-state index is -0.178. The summed E-state index contributed by atoms with van der Waals surface area (Å²) < 4.78 is 5.50. The highest BCUT2D eigenvalue weighted by molar-refractivity contribution is 8.18. The fraction of sp³-hybridized carbons (Fsp3) is 0.0476. The van der Waals surface area contributed by atoms with Gasteiger partial charge >= 0.3 is 0 Å². The highest BCUT2D eigenvalue weighted by Gasteiger charge is 2.24. The van der Waals surface area contributed by atoms with Crippen LogP contribution in [0, 0.1) is 0 Å². The van der Waals surface area contributed by atoms with Crippen LogP contribution in [0.15, 0.2) is 70.6 Å². The summed E-state index contributed by atoms with van der Waals surface area (Å²) in [5.74, 6) is 0.542. The summed E-state index contributed by atoms with van der Waals surface area (Å²) in [6.45, 7) is 0. The first-order valence-corrected chi connectivity index (χ1v) is 9.44. The molecule has 4 nitrogen and oxygen atoms in total. The lowest BCUT2D eigenvalue weighted by atomic mass is 10.0. The van der Waals surface area contributed by atoms with E-state index >= 15 is 0 Å². The molecular formula is C21H15ClN2O2S. The predicted octanol–water partition coefficient (Wildman–Crippen LogP) is 5.39. The molecule has 134 valence electrons. The maximum Gasteiger partial charge on any atom is 0.264 e. The van der Waals surface area contributed by atoms with Crippen LogP contribution < -0.4 is 10.1 Å². The molecule has 0 spiro atoms. The Hall–Kier alpha value is -2.76. The maximum absolute atomic E-state index is 12.4. The third kappa shape index (κ3) is 3.70. The zero-order valence-corrected chi connectivity index (χ0v) is 16.0. The third-order valence-electron chi connectivity index (χ3n) is 4.13. The van der Waals surface area contributed by atoms with Crippen molar-refractivity contribution in [3.05, 3.63) is 76.2 Å². The fourth-order valence-electron chi connectivity index (χ4n) is 2.85. The Morgan fingerprint density at radius 3 is 2.63 bits per heavy atom. The summed E-state index contributed by atoms with van der Waals surface area (Å²) >= 11 is 7.20. The van der Waals surface area contributed by atoms with Gasteiger partial charge in [-0.2, -0.15) is 0 Å². The molecule has 4 rings (SSSR count). The molecule has 1 fully saturated rings. The van der Waals surface area contributed by atoms with Gasteiger partial charge in [0.1, 0.15) is 5.75 Å². The van der Waals surface area contributed by atoms with Crippen molar-refractivity contribution in [2.45, 2.75) is 0 Å². The van der Waals surface area contributed by atoms with E-state index in [9.17, 15) is 4.79 Å². The van der Waals surface area contributed by atoms with Crippen molar-refractivity contribution in [3.8, 4) is 5.75 Å². The highest BCUT2D eigenvalue weighted by atomic mass is 35.5. The van der Waals surface area contributed by atoms with Gasteiger partial charge in [-0.1, -0.05) is 41.9 Å². The number of nitrogens with zero attached hydrogens (tertiary/aromatic N) is 1. The largest absolute Gasteiger partial charge is 0.496 e. The van der Waals surface area contributed by atoms with Gasteiger partial charge in [0, 0.05) is 10.6 Å². The van der Waals surface area contributed by atoms with Crippen LogP contribution in [0.25, 0.3) is 16.8 Å². The van der Waals surface area contributed by atoms with Gasteiger partial charge in [0.2, 0.25) is 0 Å². The van der Waals surface area contributed by atoms with Gasteiger partial charge in [-0.15, -0.1) is 0 Å². The molecule has 0 atom stereocenters. The molecule has 0 aliphatic carbocycles. The number of nitrogens with one attached hydrogen (secondary N) is 1. The fourth-order valence-corrected chi connectivity index (χ4v) is 3.80. The Morgan fingerprint density at radius 1 is 1.07 bits per heavy atom. The van der Waals surface area contributed by atoms with Crippen LogP contribution in [0.4, 0.5) is 5.69 Å². The van der Waals surface area contributed by atoms with Crippen LogP contribution in [-0.2, 0) is 4.79 Å². The molecule has 0 saturated carbocycles. The molecule has 1 aliphatic heterocycles. The number of rotatable bonds is 3. The molecule has 1 aliphatic rings. The molecule has 27 heavy (non-hydrogen) atoms. The Morgan fingerprint density at radius 2 is 1.85 bits per heavy atom. The number of hydrogen-bond donors (Lipinski definition) is 1. The number of carbonyl (C=O) groups excluding carboxylic acids is 1. The molecule has 3 aromatic rings. The summed E-state index contributed by atoms with van der Waals surface area (Å²) in [5, 5.41) is 6.10. The van der Waals surface area contributed by atoms with Gasteiger partial charge in [0.25, 0.3) is 5.91 Å². The van der Waals surface area contributed by atoms with E-state index in [4.69, 9.17) is 16.3 Å². The topological polar surface area (TPSA) is 50.7 Å². The smallest absolute Gasteiger partial charge is 0.264 e. The summed E-state index contributed by atoms with van der Waals surface area (Å²) in [4.78, 5) is 17.5. The van der Waals surface area contributed by atoms with Crippen molar-refractivity contribution in [3.63, 3.8) is 0 Å². The Labute approximate surface area is 165 Å². The summed E-state index contributed by atoms with van der Waals surface area (Å²) in [6, 6.07) is 19.1. The zero-order chi connectivity index (χ0) is 18.8. The lowest BCUT2D eigenvalue weighted by Gasteiger charge is -2.09. The minimum Gasteiger partial charge on any atom is -0.496 e. The number of benzene rings is 3. The van der Waals surface area contributed by atoms with Gasteiger partial charge in [-0.25, -0.2) is 4.99 Å². The first-order valence-electron chi connectivity index (χ1n) is 8.25. The van der Waals surface area contributed by atoms with Gasteiger partial charge in [0.05, 0.1) is 17.7 Å².